The van der Waals surface area contributed by atoms with Crippen molar-refractivity contribution in [2.45, 2.75) is 52.1 Å². The lowest BCUT2D eigenvalue weighted by atomic mass is 9.98. The van der Waals surface area contributed by atoms with E-state index in [4.69, 9.17) is 5.73 Å². The average Bonchev–Trinajstić information content (AvgIpc) is 2.46. The van der Waals surface area contributed by atoms with Crippen LogP contribution in [0.3, 0.4) is 0 Å². The number of hydrogen-bond donors (Lipinski definition) is 2. The highest BCUT2D eigenvalue weighted by molar-refractivity contribution is 7.89. The van der Waals surface area contributed by atoms with E-state index >= 15 is 0 Å². The third kappa shape index (κ3) is 4.43. The number of hydrogen-bond acceptors (Lipinski definition) is 4. The minimum absolute atomic E-state index is 0.0286. The molecule has 20 heavy (non-hydrogen) atoms. The summed E-state index contributed by atoms with van der Waals surface area (Å²) in [6.45, 7) is 6.56. The van der Waals surface area contributed by atoms with Crippen LogP contribution in [0.2, 0.25) is 0 Å². The molecule has 1 unspecified atom stereocenters. The minimum atomic E-state index is -3.11. The molecule has 3 N–H and O–H groups in total. The maximum Gasteiger partial charge on any atom is 0.237 e. The predicted octanol–water partition coefficient (Wildman–Crippen LogP) is 0.290. The lowest BCUT2D eigenvalue weighted by Gasteiger charge is -2.32. The van der Waals surface area contributed by atoms with E-state index in [1.165, 1.54) is 4.31 Å². The van der Waals surface area contributed by atoms with Crippen molar-refractivity contribution in [2.24, 2.45) is 11.7 Å². The van der Waals surface area contributed by atoms with Crippen LogP contribution in [0.4, 0.5) is 0 Å². The Hall–Kier alpha value is -0.660. The van der Waals surface area contributed by atoms with Crippen molar-refractivity contribution in [3.05, 3.63) is 0 Å². The normalized spacial score (nSPS) is 21.4. The first kappa shape index (κ1) is 17.4. The van der Waals surface area contributed by atoms with Gasteiger partial charge in [0.2, 0.25) is 15.9 Å². The molecule has 0 bridgehead atoms. The van der Waals surface area contributed by atoms with Crippen molar-refractivity contribution < 1.29 is 13.2 Å². The summed E-state index contributed by atoms with van der Waals surface area (Å²) in [5, 5.41) is 2.94. The van der Waals surface area contributed by atoms with E-state index in [9.17, 15) is 13.2 Å². The Morgan fingerprint density at radius 3 is 2.35 bits per heavy atom. The summed E-state index contributed by atoms with van der Waals surface area (Å²) in [5.41, 5.74) is 5.89. The largest absolute Gasteiger partial charge is 0.352 e. The van der Waals surface area contributed by atoms with Gasteiger partial charge >= 0.3 is 0 Å². The Labute approximate surface area is 122 Å². The standard InChI is InChI=1S/C13H27N3O3S/c1-4-10(3)12(14)13(17)15-11-6-8-16(9-7-11)20(18,19)5-2/h10-12H,4-9,14H2,1-3H3,(H,15,17)/t10?,12-/m0/s1. The molecule has 0 radical (unpaired) electrons. The predicted molar refractivity (Wildman–Crippen MR) is 79.6 cm³/mol. The van der Waals surface area contributed by atoms with Crippen molar-refractivity contribution in [2.75, 3.05) is 18.8 Å². The number of rotatable bonds is 6. The summed E-state index contributed by atoms with van der Waals surface area (Å²) in [7, 11) is -3.11. The van der Waals surface area contributed by atoms with Gasteiger partial charge in [0, 0.05) is 19.1 Å². The SMILES string of the molecule is CCC(C)[C@H](N)C(=O)NC1CCN(S(=O)(=O)CC)CC1. The molecule has 0 aromatic carbocycles. The lowest BCUT2D eigenvalue weighted by Crippen LogP contribution is -2.52. The van der Waals surface area contributed by atoms with Crippen molar-refractivity contribution >= 4 is 15.9 Å². The molecule has 0 aromatic rings. The molecule has 1 heterocycles. The molecule has 118 valence electrons. The highest BCUT2D eigenvalue weighted by Gasteiger charge is 2.29. The van der Waals surface area contributed by atoms with Gasteiger partial charge in [-0.25, -0.2) is 12.7 Å². The first-order valence-electron chi connectivity index (χ1n) is 7.35. The van der Waals surface area contributed by atoms with E-state index in [1.54, 1.807) is 6.92 Å². The molecule has 7 heteroatoms. The smallest absolute Gasteiger partial charge is 0.237 e. The van der Waals surface area contributed by atoms with Gasteiger partial charge in [-0.05, 0) is 25.7 Å². The highest BCUT2D eigenvalue weighted by Crippen LogP contribution is 2.15. The Morgan fingerprint density at radius 1 is 1.35 bits per heavy atom. The molecule has 1 amide bonds. The van der Waals surface area contributed by atoms with Gasteiger partial charge in [0.15, 0.2) is 0 Å². The summed E-state index contributed by atoms with van der Waals surface area (Å²) < 4.78 is 25.0. The molecule has 1 aliphatic heterocycles. The van der Waals surface area contributed by atoms with Crippen LogP contribution >= 0.6 is 0 Å². The molecule has 1 rings (SSSR count). The monoisotopic (exact) mass is 305 g/mol. The van der Waals surface area contributed by atoms with Crippen LogP contribution in [0.1, 0.15) is 40.0 Å². The maximum absolute atomic E-state index is 12.0. The van der Waals surface area contributed by atoms with Gasteiger partial charge in [0.05, 0.1) is 11.8 Å². The summed E-state index contributed by atoms with van der Waals surface area (Å²) in [6.07, 6.45) is 2.16. The number of carbonyl (C=O) groups excluding carboxylic acids is 1. The number of piperidine rings is 1. The molecule has 1 fully saturated rings. The second kappa shape index (κ2) is 7.38. The van der Waals surface area contributed by atoms with Gasteiger partial charge in [0.25, 0.3) is 0 Å². The number of sulfonamides is 1. The lowest BCUT2D eigenvalue weighted by molar-refractivity contribution is -0.124. The Bertz CT molecular complexity index is 417. The van der Waals surface area contributed by atoms with E-state index < -0.39 is 16.1 Å². The van der Waals surface area contributed by atoms with Crippen LogP contribution in [0.5, 0.6) is 0 Å². The fourth-order valence-electron chi connectivity index (χ4n) is 2.27. The molecular weight excluding hydrogens is 278 g/mol. The molecule has 6 nitrogen and oxygen atoms in total. The third-order valence-electron chi connectivity index (χ3n) is 4.12. The fraction of sp³-hybridized carbons (Fsp3) is 0.923. The summed E-state index contributed by atoms with van der Waals surface area (Å²) >= 11 is 0. The van der Waals surface area contributed by atoms with E-state index in [1.807, 2.05) is 13.8 Å². The van der Waals surface area contributed by atoms with Gasteiger partial charge < -0.3 is 11.1 Å². The Balaban J connectivity index is 2.45. The fourth-order valence-corrected chi connectivity index (χ4v) is 3.40. The molecule has 1 aliphatic rings. The van der Waals surface area contributed by atoms with Crippen molar-refractivity contribution in [3.8, 4) is 0 Å². The van der Waals surface area contributed by atoms with Gasteiger partial charge in [0.1, 0.15) is 0 Å². The van der Waals surface area contributed by atoms with Gasteiger partial charge in [-0.15, -0.1) is 0 Å². The van der Waals surface area contributed by atoms with Crippen LogP contribution in [0, 0.1) is 5.92 Å². The first-order chi connectivity index (χ1) is 9.31. The summed E-state index contributed by atoms with van der Waals surface area (Å²) in [4.78, 5) is 12.0. The first-order valence-corrected chi connectivity index (χ1v) is 8.96. The zero-order valence-corrected chi connectivity index (χ0v) is 13.4. The van der Waals surface area contributed by atoms with E-state index in [2.05, 4.69) is 5.32 Å². The van der Waals surface area contributed by atoms with Gasteiger partial charge in [-0.1, -0.05) is 20.3 Å². The van der Waals surface area contributed by atoms with Gasteiger partial charge in [-0.2, -0.15) is 0 Å². The minimum Gasteiger partial charge on any atom is -0.352 e. The molecule has 2 atom stereocenters. The van der Waals surface area contributed by atoms with E-state index in [0.717, 1.165) is 6.42 Å². The maximum atomic E-state index is 12.0. The zero-order chi connectivity index (χ0) is 15.3. The number of nitrogens with one attached hydrogen (secondary N) is 1. The number of amides is 1. The molecule has 0 aromatic heterocycles. The second-order valence-electron chi connectivity index (χ2n) is 5.49. The summed E-state index contributed by atoms with van der Waals surface area (Å²) in [6, 6.07) is -0.460. The van der Waals surface area contributed by atoms with E-state index in [-0.39, 0.29) is 23.6 Å². The highest BCUT2D eigenvalue weighted by atomic mass is 32.2. The van der Waals surface area contributed by atoms with E-state index in [0.29, 0.717) is 25.9 Å². The van der Waals surface area contributed by atoms with Crippen LogP contribution in [0.25, 0.3) is 0 Å². The zero-order valence-electron chi connectivity index (χ0n) is 12.6. The van der Waals surface area contributed by atoms with Crippen LogP contribution in [-0.4, -0.2) is 49.6 Å². The molecule has 0 spiro atoms. The molecule has 1 saturated heterocycles. The van der Waals surface area contributed by atoms with Crippen molar-refractivity contribution in [3.63, 3.8) is 0 Å². The number of nitrogens with two attached hydrogens (primary N) is 1. The quantitative estimate of drug-likeness (QED) is 0.737. The molecular formula is C13H27N3O3S. The van der Waals surface area contributed by atoms with Crippen LogP contribution < -0.4 is 11.1 Å². The van der Waals surface area contributed by atoms with Crippen molar-refractivity contribution in [1.29, 1.82) is 0 Å². The van der Waals surface area contributed by atoms with Gasteiger partial charge in [-0.3, -0.25) is 4.79 Å². The Morgan fingerprint density at radius 2 is 1.90 bits per heavy atom. The van der Waals surface area contributed by atoms with Crippen molar-refractivity contribution in [1.82, 2.24) is 9.62 Å². The number of nitrogens with zero attached hydrogens (tertiary/aromatic N) is 1. The Kier molecular flexibility index (Phi) is 6.42. The number of carbonyl (C=O) groups is 1. The molecule has 0 aliphatic carbocycles. The van der Waals surface area contributed by atoms with Crippen LogP contribution in [0.15, 0.2) is 0 Å². The molecule has 0 saturated carbocycles. The second-order valence-corrected chi connectivity index (χ2v) is 7.75. The van der Waals surface area contributed by atoms with Crippen LogP contribution in [-0.2, 0) is 14.8 Å². The summed E-state index contributed by atoms with van der Waals surface area (Å²) in [5.74, 6) is 0.148. The third-order valence-corrected chi connectivity index (χ3v) is 6.00. The average molecular weight is 305 g/mol. The topological polar surface area (TPSA) is 92.5 Å².